The van der Waals surface area contributed by atoms with Crippen molar-refractivity contribution < 1.29 is 17.9 Å². The molecular weight excluding hydrogens is 432 g/mol. The summed E-state index contributed by atoms with van der Waals surface area (Å²) in [4.78, 5) is 12.6. The van der Waals surface area contributed by atoms with Gasteiger partial charge in [-0.2, -0.15) is 5.10 Å². The Hall–Kier alpha value is -2.45. The standard InChI is InChI=1S/C19H17BrN2O4S/c1-3-26-19(23)18-12-17(13-4-6-14(20)7-5-13)21-22(18)15-8-10-16(11-9-15)27(2,24)25/h4-12H,3H2,1-2H3. The summed E-state index contributed by atoms with van der Waals surface area (Å²) >= 11 is 3.39. The summed E-state index contributed by atoms with van der Waals surface area (Å²) in [7, 11) is -3.30. The van der Waals surface area contributed by atoms with Crippen molar-refractivity contribution >= 4 is 31.7 Å². The van der Waals surface area contributed by atoms with Gasteiger partial charge in [-0.15, -0.1) is 0 Å². The van der Waals surface area contributed by atoms with Crippen LogP contribution >= 0.6 is 15.9 Å². The SMILES string of the molecule is CCOC(=O)c1cc(-c2ccc(Br)cc2)nn1-c1ccc(S(C)(=O)=O)cc1. The summed E-state index contributed by atoms with van der Waals surface area (Å²) in [5, 5.41) is 4.53. The van der Waals surface area contributed by atoms with E-state index in [1.54, 1.807) is 25.1 Å². The lowest BCUT2D eigenvalue weighted by Gasteiger charge is -2.07. The minimum absolute atomic E-state index is 0.198. The normalized spacial score (nSPS) is 11.4. The van der Waals surface area contributed by atoms with Crippen LogP contribution in [0.1, 0.15) is 17.4 Å². The topological polar surface area (TPSA) is 78.3 Å². The third-order valence-corrected chi connectivity index (χ3v) is 5.50. The van der Waals surface area contributed by atoms with Crippen molar-refractivity contribution in [1.82, 2.24) is 9.78 Å². The van der Waals surface area contributed by atoms with Gasteiger partial charge in [-0.05, 0) is 49.4 Å². The fraction of sp³-hybridized carbons (Fsp3) is 0.158. The molecule has 0 atom stereocenters. The Labute approximate surface area is 165 Å². The molecule has 1 heterocycles. The summed E-state index contributed by atoms with van der Waals surface area (Å²) < 4.78 is 30.8. The van der Waals surface area contributed by atoms with E-state index >= 15 is 0 Å². The fourth-order valence-electron chi connectivity index (χ4n) is 2.52. The van der Waals surface area contributed by atoms with Gasteiger partial charge in [-0.25, -0.2) is 17.9 Å². The van der Waals surface area contributed by atoms with Gasteiger partial charge < -0.3 is 4.74 Å². The molecule has 0 saturated heterocycles. The van der Waals surface area contributed by atoms with Crippen LogP contribution in [0, 0.1) is 0 Å². The van der Waals surface area contributed by atoms with E-state index in [1.165, 1.54) is 16.8 Å². The number of benzene rings is 2. The second-order valence-corrected chi connectivity index (χ2v) is 8.75. The van der Waals surface area contributed by atoms with Gasteiger partial charge in [0, 0.05) is 16.3 Å². The van der Waals surface area contributed by atoms with Gasteiger partial charge in [0.2, 0.25) is 0 Å². The highest BCUT2D eigenvalue weighted by atomic mass is 79.9. The van der Waals surface area contributed by atoms with Crippen molar-refractivity contribution in [3.63, 3.8) is 0 Å². The molecule has 0 aliphatic heterocycles. The Balaban J connectivity index is 2.09. The summed E-state index contributed by atoms with van der Waals surface area (Å²) in [6, 6.07) is 15.4. The van der Waals surface area contributed by atoms with Crippen LogP contribution in [0.2, 0.25) is 0 Å². The maximum absolute atomic E-state index is 12.4. The zero-order chi connectivity index (χ0) is 19.6. The van der Waals surface area contributed by atoms with E-state index in [2.05, 4.69) is 21.0 Å². The molecule has 2 aromatic carbocycles. The van der Waals surface area contributed by atoms with Gasteiger partial charge in [0.25, 0.3) is 0 Å². The van der Waals surface area contributed by atoms with E-state index in [0.29, 0.717) is 11.4 Å². The molecule has 6 nitrogen and oxygen atoms in total. The lowest BCUT2D eigenvalue weighted by atomic mass is 10.1. The quantitative estimate of drug-likeness (QED) is 0.553. The van der Waals surface area contributed by atoms with Crippen molar-refractivity contribution in [2.75, 3.05) is 12.9 Å². The maximum Gasteiger partial charge on any atom is 0.357 e. The van der Waals surface area contributed by atoms with Gasteiger partial charge >= 0.3 is 5.97 Å². The van der Waals surface area contributed by atoms with Gasteiger partial charge in [0.1, 0.15) is 0 Å². The number of rotatable bonds is 5. The average molecular weight is 449 g/mol. The van der Waals surface area contributed by atoms with Crippen molar-refractivity contribution in [3.8, 4) is 16.9 Å². The monoisotopic (exact) mass is 448 g/mol. The highest BCUT2D eigenvalue weighted by Gasteiger charge is 2.19. The first-order valence-corrected chi connectivity index (χ1v) is 10.8. The van der Waals surface area contributed by atoms with E-state index in [1.807, 2.05) is 24.3 Å². The number of hydrogen-bond donors (Lipinski definition) is 0. The molecule has 0 spiro atoms. The first-order valence-electron chi connectivity index (χ1n) is 8.13. The minimum atomic E-state index is -3.30. The molecule has 0 aliphatic carbocycles. The molecule has 140 valence electrons. The number of sulfone groups is 1. The van der Waals surface area contributed by atoms with E-state index in [-0.39, 0.29) is 17.2 Å². The Kier molecular flexibility index (Phi) is 5.48. The first kappa shape index (κ1) is 19.3. The number of nitrogens with zero attached hydrogens (tertiary/aromatic N) is 2. The van der Waals surface area contributed by atoms with E-state index in [0.717, 1.165) is 16.3 Å². The van der Waals surface area contributed by atoms with Crippen LogP contribution < -0.4 is 0 Å². The van der Waals surface area contributed by atoms with Crippen LogP contribution in [0.15, 0.2) is 64.0 Å². The number of hydrogen-bond acceptors (Lipinski definition) is 5. The predicted octanol–water partition coefficient (Wildman–Crippen LogP) is 3.88. The summed E-state index contributed by atoms with van der Waals surface area (Å²) in [6.07, 6.45) is 1.14. The predicted molar refractivity (Wildman–Crippen MR) is 106 cm³/mol. The zero-order valence-electron chi connectivity index (χ0n) is 14.7. The van der Waals surface area contributed by atoms with Crippen molar-refractivity contribution in [1.29, 1.82) is 0 Å². The molecule has 1 aromatic heterocycles. The summed E-state index contributed by atoms with van der Waals surface area (Å²) in [5.74, 6) is -0.499. The molecule has 3 rings (SSSR count). The summed E-state index contributed by atoms with van der Waals surface area (Å²) in [5.41, 5.74) is 2.28. The van der Waals surface area contributed by atoms with Crippen molar-refractivity contribution in [2.24, 2.45) is 0 Å². The van der Waals surface area contributed by atoms with Crippen LogP contribution in [-0.4, -0.2) is 37.0 Å². The summed E-state index contributed by atoms with van der Waals surface area (Å²) in [6.45, 7) is 1.97. The Morgan fingerprint density at radius 1 is 1.11 bits per heavy atom. The van der Waals surface area contributed by atoms with Crippen LogP contribution in [0.25, 0.3) is 16.9 Å². The van der Waals surface area contributed by atoms with E-state index in [4.69, 9.17) is 4.74 Å². The Morgan fingerprint density at radius 2 is 1.74 bits per heavy atom. The first-order chi connectivity index (χ1) is 12.8. The van der Waals surface area contributed by atoms with Crippen LogP contribution in [0.3, 0.4) is 0 Å². The van der Waals surface area contributed by atoms with Gasteiger partial charge in [0.15, 0.2) is 15.5 Å². The number of halogens is 1. The van der Waals surface area contributed by atoms with Crippen molar-refractivity contribution in [3.05, 3.63) is 64.8 Å². The smallest absolute Gasteiger partial charge is 0.357 e. The highest BCUT2D eigenvalue weighted by Crippen LogP contribution is 2.24. The lowest BCUT2D eigenvalue weighted by molar-refractivity contribution is 0.0515. The largest absolute Gasteiger partial charge is 0.461 e. The molecule has 0 unspecified atom stereocenters. The third-order valence-electron chi connectivity index (χ3n) is 3.84. The van der Waals surface area contributed by atoms with E-state index < -0.39 is 15.8 Å². The molecular formula is C19H17BrN2O4S. The third kappa shape index (κ3) is 4.28. The van der Waals surface area contributed by atoms with Crippen LogP contribution in [0.5, 0.6) is 0 Å². The molecule has 0 aliphatic rings. The highest BCUT2D eigenvalue weighted by molar-refractivity contribution is 9.10. The zero-order valence-corrected chi connectivity index (χ0v) is 17.1. The molecule has 0 bridgehead atoms. The second kappa shape index (κ2) is 7.66. The number of aromatic nitrogens is 2. The lowest BCUT2D eigenvalue weighted by Crippen LogP contribution is -2.12. The van der Waals surface area contributed by atoms with Crippen molar-refractivity contribution in [2.45, 2.75) is 11.8 Å². The van der Waals surface area contributed by atoms with Gasteiger partial charge in [-0.3, -0.25) is 0 Å². The minimum Gasteiger partial charge on any atom is -0.461 e. The molecule has 0 saturated carbocycles. The van der Waals surface area contributed by atoms with Crippen LogP contribution in [0.4, 0.5) is 0 Å². The van der Waals surface area contributed by atoms with Crippen LogP contribution in [-0.2, 0) is 14.6 Å². The fourth-order valence-corrected chi connectivity index (χ4v) is 3.42. The molecule has 0 fully saturated rings. The maximum atomic E-state index is 12.4. The molecule has 0 N–H and O–H groups in total. The second-order valence-electron chi connectivity index (χ2n) is 5.82. The molecule has 8 heteroatoms. The molecule has 27 heavy (non-hydrogen) atoms. The average Bonchev–Trinajstić information content (AvgIpc) is 3.07. The van der Waals surface area contributed by atoms with E-state index in [9.17, 15) is 13.2 Å². The number of carbonyl (C=O) groups is 1. The number of ether oxygens (including phenoxy) is 1. The number of esters is 1. The Morgan fingerprint density at radius 3 is 2.30 bits per heavy atom. The van der Waals surface area contributed by atoms with Gasteiger partial charge in [-0.1, -0.05) is 28.1 Å². The Bertz CT molecular complexity index is 1070. The molecule has 0 radical (unpaired) electrons. The molecule has 3 aromatic rings. The number of carbonyl (C=O) groups excluding carboxylic acids is 1. The van der Waals surface area contributed by atoms with Gasteiger partial charge in [0.05, 0.1) is 22.9 Å². The molecule has 0 amide bonds.